The molecule has 0 bridgehead atoms. The van der Waals surface area contributed by atoms with Gasteiger partial charge in [0, 0.05) is 25.8 Å². The molecule has 0 saturated carbocycles. The minimum atomic E-state index is 0.0835. The lowest BCUT2D eigenvalue weighted by atomic mass is 10.0. The number of nitrogens with two attached hydrogens (primary N) is 1. The highest BCUT2D eigenvalue weighted by atomic mass is 16.5. The normalized spacial score (nSPS) is 12.5. The second-order valence-corrected chi connectivity index (χ2v) is 4.46. The van der Waals surface area contributed by atoms with Gasteiger partial charge in [-0.15, -0.1) is 0 Å². The van der Waals surface area contributed by atoms with E-state index in [0.29, 0.717) is 13.2 Å². The molecule has 1 aromatic rings. The van der Waals surface area contributed by atoms with E-state index in [1.807, 2.05) is 18.2 Å². The van der Waals surface area contributed by atoms with Gasteiger partial charge in [-0.3, -0.25) is 4.90 Å². The Labute approximate surface area is 121 Å². The van der Waals surface area contributed by atoms with Crippen LogP contribution in [0.25, 0.3) is 0 Å². The van der Waals surface area contributed by atoms with E-state index in [0.717, 1.165) is 30.2 Å². The van der Waals surface area contributed by atoms with Crippen LogP contribution in [0.4, 0.5) is 0 Å². The second kappa shape index (κ2) is 8.79. The highest BCUT2D eigenvalue weighted by Gasteiger charge is 2.22. The molecule has 0 saturated heterocycles. The predicted molar refractivity (Wildman–Crippen MR) is 80.5 cm³/mol. The van der Waals surface area contributed by atoms with E-state index in [9.17, 15) is 0 Å². The van der Waals surface area contributed by atoms with Crippen LogP contribution in [0.3, 0.4) is 0 Å². The van der Waals surface area contributed by atoms with Crippen molar-refractivity contribution in [1.29, 1.82) is 0 Å². The van der Waals surface area contributed by atoms with Gasteiger partial charge in [-0.2, -0.15) is 0 Å². The van der Waals surface area contributed by atoms with Crippen LogP contribution in [-0.4, -0.2) is 52.5 Å². The van der Waals surface area contributed by atoms with Crippen molar-refractivity contribution in [3.63, 3.8) is 0 Å². The molecule has 0 aliphatic carbocycles. The Morgan fingerprint density at radius 1 is 1.20 bits per heavy atom. The van der Waals surface area contributed by atoms with Gasteiger partial charge in [0.1, 0.15) is 0 Å². The van der Waals surface area contributed by atoms with Crippen LogP contribution in [0.2, 0.25) is 0 Å². The predicted octanol–water partition coefficient (Wildman–Crippen LogP) is 1.67. The summed E-state index contributed by atoms with van der Waals surface area (Å²) in [5.74, 6) is 1.48. The number of rotatable bonds is 9. The third-order valence-electron chi connectivity index (χ3n) is 3.45. The van der Waals surface area contributed by atoms with Gasteiger partial charge < -0.3 is 19.9 Å². The van der Waals surface area contributed by atoms with Gasteiger partial charge in [0.25, 0.3) is 0 Å². The molecule has 0 aliphatic heterocycles. The standard InChI is InChI=1S/C15H26N2O3/c1-5-17(9-10-18-2)13(11-16)12-7-6-8-14(19-3)15(12)20-4/h6-8,13H,5,9-11,16H2,1-4H3. The molecule has 0 amide bonds. The quantitative estimate of drug-likeness (QED) is 0.746. The van der Waals surface area contributed by atoms with Crippen molar-refractivity contribution in [2.45, 2.75) is 13.0 Å². The zero-order valence-electron chi connectivity index (χ0n) is 12.9. The largest absolute Gasteiger partial charge is 0.493 e. The van der Waals surface area contributed by atoms with Crippen LogP contribution in [0.5, 0.6) is 11.5 Å². The minimum absolute atomic E-state index is 0.0835. The van der Waals surface area contributed by atoms with Gasteiger partial charge in [0.2, 0.25) is 0 Å². The van der Waals surface area contributed by atoms with E-state index >= 15 is 0 Å². The lowest BCUT2D eigenvalue weighted by Gasteiger charge is -2.31. The summed E-state index contributed by atoms with van der Waals surface area (Å²) in [6, 6.07) is 5.97. The van der Waals surface area contributed by atoms with Crippen molar-refractivity contribution in [3.05, 3.63) is 23.8 Å². The Bertz CT molecular complexity index is 399. The zero-order chi connectivity index (χ0) is 15.0. The molecule has 1 unspecified atom stereocenters. The summed E-state index contributed by atoms with van der Waals surface area (Å²) >= 11 is 0. The molecule has 0 radical (unpaired) electrons. The lowest BCUT2D eigenvalue weighted by Crippen LogP contribution is -2.36. The van der Waals surface area contributed by atoms with Gasteiger partial charge in [-0.05, 0) is 12.6 Å². The number of para-hydroxylation sites is 1. The van der Waals surface area contributed by atoms with Crippen molar-refractivity contribution in [3.8, 4) is 11.5 Å². The van der Waals surface area contributed by atoms with Crippen LogP contribution in [0.15, 0.2) is 18.2 Å². The molecule has 2 N–H and O–H groups in total. The number of hydrogen-bond acceptors (Lipinski definition) is 5. The monoisotopic (exact) mass is 282 g/mol. The molecule has 0 aliphatic rings. The summed E-state index contributed by atoms with van der Waals surface area (Å²) in [7, 11) is 5.00. The number of ether oxygens (including phenoxy) is 3. The van der Waals surface area contributed by atoms with Crippen molar-refractivity contribution < 1.29 is 14.2 Å². The van der Waals surface area contributed by atoms with Crippen LogP contribution in [0, 0.1) is 0 Å². The first-order valence-corrected chi connectivity index (χ1v) is 6.87. The molecule has 5 nitrogen and oxygen atoms in total. The molecule has 1 atom stereocenters. The van der Waals surface area contributed by atoms with E-state index in [1.54, 1.807) is 21.3 Å². The van der Waals surface area contributed by atoms with Crippen LogP contribution < -0.4 is 15.2 Å². The minimum Gasteiger partial charge on any atom is -0.493 e. The number of nitrogens with zero attached hydrogens (tertiary/aromatic N) is 1. The Morgan fingerprint density at radius 2 is 1.95 bits per heavy atom. The fourth-order valence-corrected chi connectivity index (χ4v) is 2.39. The van der Waals surface area contributed by atoms with E-state index in [1.165, 1.54) is 0 Å². The third kappa shape index (κ3) is 3.85. The van der Waals surface area contributed by atoms with Gasteiger partial charge in [-0.25, -0.2) is 0 Å². The van der Waals surface area contributed by atoms with E-state index in [2.05, 4.69) is 11.8 Å². The summed E-state index contributed by atoms with van der Waals surface area (Å²) < 4.78 is 16.0. The van der Waals surface area contributed by atoms with Gasteiger partial charge in [-0.1, -0.05) is 19.1 Å². The molecule has 0 fully saturated rings. The number of benzene rings is 1. The molecule has 1 aromatic carbocycles. The smallest absolute Gasteiger partial charge is 0.165 e. The molecule has 114 valence electrons. The van der Waals surface area contributed by atoms with Crippen molar-refractivity contribution in [2.24, 2.45) is 5.73 Å². The molecule has 5 heteroatoms. The lowest BCUT2D eigenvalue weighted by molar-refractivity contribution is 0.124. The summed E-state index contributed by atoms with van der Waals surface area (Å²) in [6.07, 6.45) is 0. The topological polar surface area (TPSA) is 57.0 Å². The summed E-state index contributed by atoms with van der Waals surface area (Å²) in [6.45, 7) is 5.03. The highest BCUT2D eigenvalue weighted by molar-refractivity contribution is 5.48. The van der Waals surface area contributed by atoms with E-state index in [4.69, 9.17) is 19.9 Å². The maximum absolute atomic E-state index is 5.99. The Hall–Kier alpha value is -1.30. The van der Waals surface area contributed by atoms with Gasteiger partial charge in [0.15, 0.2) is 11.5 Å². The first kappa shape index (κ1) is 16.8. The number of likely N-dealkylation sites (N-methyl/N-ethyl adjacent to an activating group) is 1. The fraction of sp³-hybridized carbons (Fsp3) is 0.600. The summed E-state index contributed by atoms with van der Waals surface area (Å²) in [5.41, 5.74) is 7.04. The fourth-order valence-electron chi connectivity index (χ4n) is 2.39. The molecule has 0 spiro atoms. The first-order valence-electron chi connectivity index (χ1n) is 6.87. The van der Waals surface area contributed by atoms with Crippen LogP contribution >= 0.6 is 0 Å². The molecule has 0 aromatic heterocycles. The molecule has 20 heavy (non-hydrogen) atoms. The average Bonchev–Trinajstić information content (AvgIpc) is 2.50. The Kier molecular flexibility index (Phi) is 7.36. The molecular weight excluding hydrogens is 256 g/mol. The Balaban J connectivity index is 3.09. The van der Waals surface area contributed by atoms with Gasteiger partial charge >= 0.3 is 0 Å². The van der Waals surface area contributed by atoms with Crippen molar-refractivity contribution in [1.82, 2.24) is 4.90 Å². The van der Waals surface area contributed by atoms with E-state index in [-0.39, 0.29) is 6.04 Å². The molecular formula is C15H26N2O3. The third-order valence-corrected chi connectivity index (χ3v) is 3.45. The van der Waals surface area contributed by atoms with Crippen LogP contribution in [0.1, 0.15) is 18.5 Å². The number of methoxy groups -OCH3 is 3. The summed E-state index contributed by atoms with van der Waals surface area (Å²) in [5, 5.41) is 0. The number of hydrogen-bond donors (Lipinski definition) is 1. The van der Waals surface area contributed by atoms with E-state index < -0.39 is 0 Å². The zero-order valence-corrected chi connectivity index (χ0v) is 12.9. The average molecular weight is 282 g/mol. The summed E-state index contributed by atoms with van der Waals surface area (Å²) in [4.78, 5) is 2.28. The van der Waals surface area contributed by atoms with Crippen molar-refractivity contribution >= 4 is 0 Å². The molecule has 1 rings (SSSR count). The van der Waals surface area contributed by atoms with Crippen molar-refractivity contribution in [2.75, 3.05) is 47.6 Å². The maximum Gasteiger partial charge on any atom is 0.165 e. The Morgan fingerprint density at radius 3 is 2.45 bits per heavy atom. The second-order valence-electron chi connectivity index (χ2n) is 4.46. The van der Waals surface area contributed by atoms with Crippen LogP contribution in [-0.2, 0) is 4.74 Å². The SMILES string of the molecule is CCN(CCOC)C(CN)c1cccc(OC)c1OC. The highest BCUT2D eigenvalue weighted by Crippen LogP contribution is 2.36. The first-order chi connectivity index (χ1) is 9.73. The van der Waals surface area contributed by atoms with Gasteiger partial charge in [0.05, 0.1) is 26.9 Å². The maximum atomic E-state index is 5.99. The molecule has 0 heterocycles.